The van der Waals surface area contributed by atoms with Crippen molar-refractivity contribution in [3.63, 3.8) is 0 Å². The average Bonchev–Trinajstić information content (AvgIpc) is 2.61. The molecule has 0 aliphatic heterocycles. The molecule has 0 bridgehead atoms. The normalized spacial score (nSPS) is 10.2. The number of amides is 2. The van der Waals surface area contributed by atoms with E-state index in [1.807, 2.05) is 66.4 Å². The summed E-state index contributed by atoms with van der Waals surface area (Å²) in [5, 5.41) is 5.96. The topological polar surface area (TPSA) is 61.4 Å². The molecule has 0 atom stereocenters. The minimum atomic E-state index is -0.0932. The van der Waals surface area contributed by atoms with Crippen LogP contribution >= 0.6 is 0 Å². The molecular weight excluding hydrogens is 314 g/mol. The summed E-state index contributed by atoms with van der Waals surface area (Å²) in [4.78, 5) is 25.2. The standard InChI is InChI=1S/C20H25N3O2/c1-3-23(15-17-7-5-4-6-8-17)20(25)13-14-21-18-9-11-19(12-10-18)22-16(2)24/h4-12,21H,3,13-15H2,1-2H3,(H,22,24). The fourth-order valence-electron chi connectivity index (χ4n) is 2.53. The highest BCUT2D eigenvalue weighted by molar-refractivity contribution is 5.88. The minimum absolute atomic E-state index is 0.0932. The van der Waals surface area contributed by atoms with Gasteiger partial charge in [0.15, 0.2) is 0 Å². The number of rotatable bonds is 8. The Kier molecular flexibility index (Phi) is 7.01. The molecule has 25 heavy (non-hydrogen) atoms. The summed E-state index contributed by atoms with van der Waals surface area (Å²) < 4.78 is 0. The van der Waals surface area contributed by atoms with Crippen LogP contribution in [0.25, 0.3) is 0 Å². The van der Waals surface area contributed by atoms with Crippen molar-refractivity contribution in [2.75, 3.05) is 23.7 Å². The molecule has 0 unspecified atom stereocenters. The van der Waals surface area contributed by atoms with Crippen LogP contribution < -0.4 is 10.6 Å². The zero-order valence-electron chi connectivity index (χ0n) is 14.8. The molecule has 2 rings (SSSR count). The molecule has 0 spiro atoms. The first-order valence-corrected chi connectivity index (χ1v) is 8.51. The molecule has 5 heteroatoms. The van der Waals surface area contributed by atoms with E-state index in [2.05, 4.69) is 10.6 Å². The van der Waals surface area contributed by atoms with Gasteiger partial charge in [-0.3, -0.25) is 9.59 Å². The fourth-order valence-corrected chi connectivity index (χ4v) is 2.53. The lowest BCUT2D eigenvalue weighted by Gasteiger charge is -2.21. The number of hydrogen-bond acceptors (Lipinski definition) is 3. The lowest BCUT2D eigenvalue weighted by atomic mass is 10.2. The van der Waals surface area contributed by atoms with Crippen LogP contribution in [0.4, 0.5) is 11.4 Å². The highest BCUT2D eigenvalue weighted by atomic mass is 16.2. The van der Waals surface area contributed by atoms with E-state index < -0.39 is 0 Å². The van der Waals surface area contributed by atoms with Gasteiger partial charge in [-0.1, -0.05) is 30.3 Å². The zero-order valence-corrected chi connectivity index (χ0v) is 14.8. The summed E-state index contributed by atoms with van der Waals surface area (Å²) in [5.41, 5.74) is 2.82. The van der Waals surface area contributed by atoms with Crippen LogP contribution in [0.5, 0.6) is 0 Å². The Hall–Kier alpha value is -2.82. The Morgan fingerprint density at radius 3 is 2.20 bits per heavy atom. The van der Waals surface area contributed by atoms with E-state index in [1.165, 1.54) is 6.92 Å². The number of nitrogens with one attached hydrogen (secondary N) is 2. The van der Waals surface area contributed by atoms with Crippen molar-refractivity contribution >= 4 is 23.2 Å². The molecule has 0 aliphatic carbocycles. The van der Waals surface area contributed by atoms with Gasteiger partial charge < -0.3 is 15.5 Å². The summed E-state index contributed by atoms with van der Waals surface area (Å²) in [6.07, 6.45) is 0.439. The first kappa shape index (κ1) is 18.5. The molecule has 0 aromatic heterocycles. The predicted octanol–water partition coefficient (Wildman–Crippen LogP) is 3.50. The van der Waals surface area contributed by atoms with E-state index >= 15 is 0 Å². The van der Waals surface area contributed by atoms with Crippen LogP contribution in [0.15, 0.2) is 54.6 Å². The molecule has 2 N–H and O–H groups in total. The van der Waals surface area contributed by atoms with Gasteiger partial charge in [0.2, 0.25) is 11.8 Å². The lowest BCUT2D eigenvalue weighted by molar-refractivity contribution is -0.131. The number of benzene rings is 2. The molecule has 2 amide bonds. The van der Waals surface area contributed by atoms with Crippen molar-refractivity contribution in [1.82, 2.24) is 4.90 Å². The highest BCUT2D eigenvalue weighted by Crippen LogP contribution is 2.13. The Balaban J connectivity index is 1.79. The van der Waals surface area contributed by atoms with Gasteiger partial charge in [0.25, 0.3) is 0 Å². The van der Waals surface area contributed by atoms with Gasteiger partial charge in [-0.05, 0) is 36.8 Å². The van der Waals surface area contributed by atoms with Crippen LogP contribution in [-0.4, -0.2) is 29.8 Å². The Labute approximate surface area is 149 Å². The minimum Gasteiger partial charge on any atom is -0.385 e. The zero-order chi connectivity index (χ0) is 18.1. The average molecular weight is 339 g/mol. The van der Waals surface area contributed by atoms with E-state index in [0.29, 0.717) is 26.1 Å². The molecule has 0 radical (unpaired) electrons. The van der Waals surface area contributed by atoms with Crippen LogP contribution in [0.3, 0.4) is 0 Å². The Morgan fingerprint density at radius 2 is 1.60 bits per heavy atom. The highest BCUT2D eigenvalue weighted by Gasteiger charge is 2.11. The summed E-state index contributed by atoms with van der Waals surface area (Å²) in [7, 11) is 0. The number of carbonyl (C=O) groups is 2. The third kappa shape index (κ3) is 6.30. The van der Waals surface area contributed by atoms with Crippen molar-refractivity contribution in [2.24, 2.45) is 0 Å². The van der Waals surface area contributed by atoms with Gasteiger partial charge in [-0.25, -0.2) is 0 Å². The first-order valence-electron chi connectivity index (χ1n) is 8.51. The molecule has 2 aromatic carbocycles. The third-order valence-corrected chi connectivity index (χ3v) is 3.82. The lowest BCUT2D eigenvalue weighted by Crippen LogP contribution is -2.31. The van der Waals surface area contributed by atoms with Gasteiger partial charge in [0.1, 0.15) is 0 Å². The van der Waals surface area contributed by atoms with Crippen molar-refractivity contribution in [2.45, 2.75) is 26.8 Å². The van der Waals surface area contributed by atoms with E-state index in [9.17, 15) is 9.59 Å². The maximum Gasteiger partial charge on any atom is 0.224 e. The summed E-state index contributed by atoms with van der Waals surface area (Å²) in [5.74, 6) is 0.0399. The van der Waals surface area contributed by atoms with Gasteiger partial charge in [0, 0.05) is 44.4 Å². The van der Waals surface area contributed by atoms with E-state index in [0.717, 1.165) is 16.9 Å². The quantitative estimate of drug-likeness (QED) is 0.774. The molecule has 0 heterocycles. The van der Waals surface area contributed by atoms with E-state index in [4.69, 9.17) is 0 Å². The molecule has 132 valence electrons. The molecule has 0 saturated heterocycles. The van der Waals surface area contributed by atoms with E-state index in [1.54, 1.807) is 0 Å². The van der Waals surface area contributed by atoms with Crippen molar-refractivity contribution in [3.05, 3.63) is 60.2 Å². The predicted molar refractivity (Wildman–Crippen MR) is 101 cm³/mol. The van der Waals surface area contributed by atoms with Gasteiger partial charge in [-0.2, -0.15) is 0 Å². The number of anilines is 2. The molecule has 0 fully saturated rings. The Bertz CT molecular complexity index is 684. The second-order valence-corrected chi connectivity index (χ2v) is 5.83. The Morgan fingerprint density at radius 1 is 0.960 bits per heavy atom. The van der Waals surface area contributed by atoms with Crippen molar-refractivity contribution < 1.29 is 9.59 Å². The molecular formula is C20H25N3O2. The van der Waals surface area contributed by atoms with Crippen molar-refractivity contribution in [1.29, 1.82) is 0 Å². The SMILES string of the molecule is CCN(Cc1ccccc1)C(=O)CCNc1ccc(NC(C)=O)cc1. The van der Waals surface area contributed by atoms with E-state index in [-0.39, 0.29) is 11.8 Å². The molecule has 0 aliphatic rings. The van der Waals surface area contributed by atoms with Crippen LogP contribution in [-0.2, 0) is 16.1 Å². The number of carbonyl (C=O) groups excluding carboxylic acids is 2. The fraction of sp³-hybridized carbons (Fsp3) is 0.300. The third-order valence-electron chi connectivity index (χ3n) is 3.82. The number of hydrogen-bond donors (Lipinski definition) is 2. The molecule has 2 aromatic rings. The maximum atomic E-state index is 12.4. The first-order chi connectivity index (χ1) is 12.1. The largest absolute Gasteiger partial charge is 0.385 e. The van der Waals surface area contributed by atoms with Crippen LogP contribution in [0.2, 0.25) is 0 Å². The molecule has 0 saturated carbocycles. The van der Waals surface area contributed by atoms with Crippen LogP contribution in [0.1, 0.15) is 25.8 Å². The van der Waals surface area contributed by atoms with Gasteiger partial charge >= 0.3 is 0 Å². The van der Waals surface area contributed by atoms with Crippen molar-refractivity contribution in [3.8, 4) is 0 Å². The van der Waals surface area contributed by atoms with Crippen LogP contribution in [0, 0.1) is 0 Å². The van der Waals surface area contributed by atoms with Gasteiger partial charge in [-0.15, -0.1) is 0 Å². The number of nitrogens with zero attached hydrogens (tertiary/aromatic N) is 1. The summed E-state index contributed by atoms with van der Waals surface area (Å²) in [6, 6.07) is 17.4. The summed E-state index contributed by atoms with van der Waals surface area (Å²) in [6.45, 7) is 5.38. The molecule has 5 nitrogen and oxygen atoms in total. The second kappa shape index (κ2) is 9.47. The second-order valence-electron chi connectivity index (χ2n) is 5.83. The smallest absolute Gasteiger partial charge is 0.224 e. The monoisotopic (exact) mass is 339 g/mol. The maximum absolute atomic E-state index is 12.4. The summed E-state index contributed by atoms with van der Waals surface area (Å²) >= 11 is 0. The van der Waals surface area contributed by atoms with Gasteiger partial charge in [0.05, 0.1) is 0 Å².